The highest BCUT2D eigenvalue weighted by molar-refractivity contribution is 5.92. The highest BCUT2D eigenvalue weighted by atomic mass is 16.5. The number of H-pyrrole nitrogens is 1. The predicted octanol–water partition coefficient (Wildman–Crippen LogP) is 2.05. The van der Waals surface area contributed by atoms with Crippen molar-refractivity contribution in [3.63, 3.8) is 0 Å². The zero-order valence-electron chi connectivity index (χ0n) is 12.5. The Morgan fingerprint density at radius 3 is 2.91 bits per heavy atom. The average molecular weight is 298 g/mol. The number of hydrogen-bond donors (Lipinski definition) is 3. The average Bonchev–Trinajstić information content (AvgIpc) is 3.00. The second kappa shape index (κ2) is 5.98. The Morgan fingerprint density at radius 1 is 1.32 bits per heavy atom. The van der Waals surface area contributed by atoms with E-state index in [1.54, 1.807) is 13.3 Å². The van der Waals surface area contributed by atoms with Crippen LogP contribution in [0.1, 0.15) is 6.92 Å². The Labute approximate surface area is 127 Å². The molecule has 114 valence electrons. The van der Waals surface area contributed by atoms with Crippen molar-refractivity contribution in [2.75, 3.05) is 24.8 Å². The second-order valence-electron chi connectivity index (χ2n) is 5.13. The van der Waals surface area contributed by atoms with Crippen LogP contribution in [0.3, 0.4) is 0 Å². The summed E-state index contributed by atoms with van der Waals surface area (Å²) in [6.45, 7) is 2.60. The molecule has 0 spiro atoms. The topological polar surface area (TPSA) is 102 Å². The van der Waals surface area contributed by atoms with Crippen LogP contribution in [0.25, 0.3) is 22.2 Å². The van der Waals surface area contributed by atoms with Crippen molar-refractivity contribution in [1.29, 1.82) is 0 Å². The minimum atomic E-state index is 0.120. The molecule has 0 aliphatic heterocycles. The van der Waals surface area contributed by atoms with Gasteiger partial charge < -0.3 is 15.8 Å². The number of benzene rings is 1. The third kappa shape index (κ3) is 2.84. The number of nitrogens with two attached hydrogens (primary N) is 1. The standard InChI is InChI=1S/C15H18N6O/c1-9(8-22-2)18-14-11-4-3-10(12-5-6-17-21-12)7-13(11)19-15(16)20-14/h3-7,9H,8H2,1-2H3,(H,17,21)(H3,16,18,19,20)/t9-/m0/s1. The maximum absolute atomic E-state index is 5.83. The molecule has 7 nitrogen and oxygen atoms in total. The van der Waals surface area contributed by atoms with Gasteiger partial charge in [0.2, 0.25) is 5.95 Å². The van der Waals surface area contributed by atoms with Gasteiger partial charge in [0, 0.05) is 30.3 Å². The quantitative estimate of drug-likeness (QED) is 0.666. The minimum absolute atomic E-state index is 0.120. The number of ether oxygens (including phenoxy) is 1. The van der Waals surface area contributed by atoms with Gasteiger partial charge in [-0.15, -0.1) is 0 Å². The van der Waals surface area contributed by atoms with Crippen LogP contribution in [-0.2, 0) is 4.74 Å². The van der Waals surface area contributed by atoms with Crippen molar-refractivity contribution in [2.45, 2.75) is 13.0 Å². The fraction of sp³-hybridized carbons (Fsp3) is 0.267. The lowest BCUT2D eigenvalue weighted by atomic mass is 10.1. The third-order valence-corrected chi connectivity index (χ3v) is 3.33. The predicted molar refractivity (Wildman–Crippen MR) is 86.5 cm³/mol. The van der Waals surface area contributed by atoms with E-state index in [4.69, 9.17) is 10.5 Å². The fourth-order valence-corrected chi connectivity index (χ4v) is 2.37. The van der Waals surface area contributed by atoms with Crippen LogP contribution < -0.4 is 11.1 Å². The van der Waals surface area contributed by atoms with Crippen LogP contribution in [0.5, 0.6) is 0 Å². The molecule has 2 aromatic heterocycles. The maximum atomic E-state index is 5.83. The van der Waals surface area contributed by atoms with Crippen LogP contribution in [-0.4, -0.2) is 39.9 Å². The molecule has 3 aromatic rings. The van der Waals surface area contributed by atoms with E-state index >= 15 is 0 Å². The van der Waals surface area contributed by atoms with Gasteiger partial charge in [0.15, 0.2) is 0 Å². The molecule has 0 bridgehead atoms. The van der Waals surface area contributed by atoms with Gasteiger partial charge >= 0.3 is 0 Å². The van der Waals surface area contributed by atoms with Crippen LogP contribution in [0.2, 0.25) is 0 Å². The van der Waals surface area contributed by atoms with E-state index in [0.29, 0.717) is 12.4 Å². The van der Waals surface area contributed by atoms with Gasteiger partial charge in [-0.2, -0.15) is 10.1 Å². The Balaban J connectivity index is 2.03. The first-order valence-electron chi connectivity index (χ1n) is 7.00. The number of fused-ring (bicyclic) bond motifs is 1. The summed E-state index contributed by atoms with van der Waals surface area (Å²) in [7, 11) is 1.67. The molecule has 0 saturated carbocycles. The summed E-state index contributed by atoms with van der Waals surface area (Å²) in [4.78, 5) is 8.62. The maximum Gasteiger partial charge on any atom is 0.222 e. The molecule has 4 N–H and O–H groups in total. The number of anilines is 2. The first kappa shape index (κ1) is 14.3. The van der Waals surface area contributed by atoms with Crippen LogP contribution in [0.4, 0.5) is 11.8 Å². The third-order valence-electron chi connectivity index (χ3n) is 3.33. The number of aromatic nitrogens is 4. The summed E-state index contributed by atoms with van der Waals surface area (Å²) in [5, 5.41) is 11.1. The summed E-state index contributed by atoms with van der Waals surface area (Å²) in [5.41, 5.74) is 8.54. The number of methoxy groups -OCH3 is 1. The zero-order valence-corrected chi connectivity index (χ0v) is 12.5. The Morgan fingerprint density at radius 2 is 2.18 bits per heavy atom. The van der Waals surface area contributed by atoms with Crippen molar-refractivity contribution in [3.8, 4) is 11.3 Å². The van der Waals surface area contributed by atoms with Gasteiger partial charge in [-0.25, -0.2) is 4.98 Å². The number of aromatic amines is 1. The van der Waals surface area contributed by atoms with Gasteiger partial charge in [0.25, 0.3) is 0 Å². The molecule has 0 aliphatic carbocycles. The fourth-order valence-electron chi connectivity index (χ4n) is 2.37. The molecule has 0 saturated heterocycles. The van der Waals surface area contributed by atoms with Crippen molar-refractivity contribution in [3.05, 3.63) is 30.5 Å². The van der Waals surface area contributed by atoms with Crippen molar-refractivity contribution >= 4 is 22.7 Å². The number of nitrogens with one attached hydrogen (secondary N) is 2. The van der Waals surface area contributed by atoms with E-state index in [-0.39, 0.29) is 12.0 Å². The van der Waals surface area contributed by atoms with Crippen LogP contribution in [0.15, 0.2) is 30.5 Å². The van der Waals surface area contributed by atoms with E-state index < -0.39 is 0 Å². The summed E-state index contributed by atoms with van der Waals surface area (Å²) < 4.78 is 5.14. The normalized spacial score (nSPS) is 12.5. The molecule has 7 heteroatoms. The number of nitrogen functional groups attached to an aromatic ring is 1. The molecule has 0 amide bonds. The summed E-state index contributed by atoms with van der Waals surface area (Å²) in [6, 6.07) is 7.97. The molecule has 22 heavy (non-hydrogen) atoms. The molecule has 2 heterocycles. The summed E-state index contributed by atoms with van der Waals surface area (Å²) in [5.74, 6) is 0.949. The number of nitrogens with zero attached hydrogens (tertiary/aromatic N) is 3. The van der Waals surface area contributed by atoms with E-state index in [2.05, 4.69) is 25.5 Å². The lowest BCUT2D eigenvalue weighted by molar-refractivity contribution is 0.190. The number of rotatable bonds is 5. The summed E-state index contributed by atoms with van der Waals surface area (Å²) in [6.07, 6.45) is 1.72. The Kier molecular flexibility index (Phi) is 3.88. The van der Waals surface area contributed by atoms with Crippen LogP contribution in [0, 0.1) is 0 Å². The molecule has 0 radical (unpaired) electrons. The zero-order chi connectivity index (χ0) is 15.5. The molecule has 3 rings (SSSR count). The van der Waals surface area contributed by atoms with Gasteiger partial charge in [-0.05, 0) is 25.1 Å². The molecule has 1 atom stereocenters. The SMILES string of the molecule is COC[C@H](C)Nc1nc(N)nc2cc(-c3ccn[nH]3)ccc12. The van der Waals surface area contributed by atoms with Crippen molar-refractivity contribution in [2.24, 2.45) is 0 Å². The van der Waals surface area contributed by atoms with E-state index in [0.717, 1.165) is 22.2 Å². The highest BCUT2D eigenvalue weighted by Gasteiger charge is 2.10. The van der Waals surface area contributed by atoms with Crippen molar-refractivity contribution < 1.29 is 4.74 Å². The lowest BCUT2D eigenvalue weighted by Gasteiger charge is -2.15. The number of hydrogen-bond acceptors (Lipinski definition) is 6. The van der Waals surface area contributed by atoms with Crippen LogP contribution >= 0.6 is 0 Å². The monoisotopic (exact) mass is 298 g/mol. The molecule has 1 aromatic carbocycles. The Bertz CT molecular complexity index is 771. The first-order valence-corrected chi connectivity index (χ1v) is 7.00. The van der Waals surface area contributed by atoms with E-state index in [9.17, 15) is 0 Å². The minimum Gasteiger partial charge on any atom is -0.383 e. The van der Waals surface area contributed by atoms with E-state index in [1.807, 2.05) is 31.2 Å². The molecule has 0 aliphatic rings. The van der Waals surface area contributed by atoms with Gasteiger partial charge in [-0.3, -0.25) is 5.10 Å². The van der Waals surface area contributed by atoms with Gasteiger partial charge in [0.1, 0.15) is 5.82 Å². The van der Waals surface area contributed by atoms with Gasteiger partial charge in [0.05, 0.1) is 17.8 Å². The van der Waals surface area contributed by atoms with E-state index in [1.165, 1.54) is 0 Å². The smallest absolute Gasteiger partial charge is 0.222 e. The molecule has 0 unspecified atom stereocenters. The highest BCUT2D eigenvalue weighted by Crippen LogP contribution is 2.26. The molecule has 0 fully saturated rings. The molecular formula is C15H18N6O. The van der Waals surface area contributed by atoms with Crippen molar-refractivity contribution in [1.82, 2.24) is 20.2 Å². The first-order chi connectivity index (χ1) is 10.7. The summed E-state index contributed by atoms with van der Waals surface area (Å²) >= 11 is 0. The molecular weight excluding hydrogens is 280 g/mol. The largest absolute Gasteiger partial charge is 0.383 e. The Hall–Kier alpha value is -2.67. The second-order valence-corrected chi connectivity index (χ2v) is 5.13. The van der Waals surface area contributed by atoms with Gasteiger partial charge in [-0.1, -0.05) is 6.07 Å². The lowest BCUT2D eigenvalue weighted by Crippen LogP contribution is -2.22.